The third kappa shape index (κ3) is 5.68. The minimum atomic E-state index is -2.71. The van der Waals surface area contributed by atoms with Gasteiger partial charge in [-0.25, -0.2) is 8.78 Å². The van der Waals surface area contributed by atoms with Crippen LogP contribution in [-0.4, -0.2) is 22.3 Å². The summed E-state index contributed by atoms with van der Waals surface area (Å²) in [4.78, 5) is 9.68. The zero-order chi connectivity index (χ0) is 23.1. The summed E-state index contributed by atoms with van der Waals surface area (Å²) in [7, 11) is 0. The Balaban J connectivity index is 0.000000630. The van der Waals surface area contributed by atoms with Gasteiger partial charge in [-0.2, -0.15) is 0 Å². The fraction of sp³-hybridized carbons (Fsp3) is 0.478. The van der Waals surface area contributed by atoms with E-state index >= 15 is 0 Å². The zero-order valence-electron chi connectivity index (χ0n) is 18.0. The average molecular weight is 467 g/mol. The van der Waals surface area contributed by atoms with Crippen LogP contribution in [-0.2, 0) is 0 Å². The van der Waals surface area contributed by atoms with Crippen LogP contribution < -0.4 is 11.5 Å². The maximum Gasteiger partial charge on any atom is 0.281 e. The first-order valence-corrected chi connectivity index (χ1v) is 11.8. The monoisotopic (exact) mass is 466 g/mol. The number of thioether (sulfide) groups is 1. The van der Waals surface area contributed by atoms with Gasteiger partial charge in [0, 0.05) is 40.6 Å². The van der Waals surface area contributed by atoms with E-state index in [1.54, 1.807) is 23.9 Å². The second kappa shape index (κ2) is 11.7. The number of rotatable bonds is 5. The average Bonchev–Trinajstić information content (AvgIpc) is 3.53. The summed E-state index contributed by atoms with van der Waals surface area (Å²) in [6.07, 6.45) is 5.39. The summed E-state index contributed by atoms with van der Waals surface area (Å²) in [5.74, 6) is 2.14. The van der Waals surface area contributed by atoms with E-state index < -0.39 is 12.1 Å². The zero-order valence-corrected chi connectivity index (χ0v) is 19.6. The first-order chi connectivity index (χ1) is 14.9. The molecule has 0 aromatic carbocycles. The van der Waals surface area contributed by atoms with Crippen LogP contribution in [0.5, 0.6) is 0 Å². The van der Waals surface area contributed by atoms with Gasteiger partial charge in [0.05, 0.1) is 10.7 Å². The Morgan fingerprint density at radius 2 is 2.00 bits per heavy atom. The third-order valence-corrected chi connectivity index (χ3v) is 7.01. The van der Waals surface area contributed by atoms with E-state index in [1.807, 2.05) is 13.8 Å². The molecule has 3 heterocycles. The minimum absolute atomic E-state index is 0.00905. The second-order valence-corrected chi connectivity index (χ2v) is 8.64. The van der Waals surface area contributed by atoms with Gasteiger partial charge in [-0.3, -0.25) is 9.97 Å². The van der Waals surface area contributed by atoms with Gasteiger partial charge in [0.25, 0.3) is 6.43 Å². The van der Waals surface area contributed by atoms with E-state index in [9.17, 15) is 8.78 Å². The molecule has 0 bridgehead atoms. The topological polar surface area (TPSA) is 77.8 Å². The molecule has 1 aliphatic heterocycles. The minimum Gasteiger partial charge on any atom is -0.360 e. The van der Waals surface area contributed by atoms with Crippen LogP contribution in [0.1, 0.15) is 68.8 Å². The van der Waals surface area contributed by atoms with Crippen molar-refractivity contribution in [2.24, 2.45) is 17.4 Å². The number of hydrogen-bond acceptors (Lipinski definition) is 5. The number of hydrogen-bond donors (Lipinski definition) is 2. The van der Waals surface area contributed by atoms with Crippen LogP contribution in [0, 0.1) is 18.4 Å². The number of alkyl halides is 2. The normalized spacial score (nSPS) is 17.6. The Morgan fingerprint density at radius 1 is 1.35 bits per heavy atom. The maximum absolute atomic E-state index is 13.2. The maximum atomic E-state index is 13.2. The van der Waals surface area contributed by atoms with Crippen molar-refractivity contribution in [3.05, 3.63) is 40.3 Å². The number of nitrogens with zero attached hydrogens (tertiary/aromatic N) is 2. The van der Waals surface area contributed by atoms with Gasteiger partial charge in [0.2, 0.25) is 0 Å². The number of nitrogens with two attached hydrogens (primary N) is 2. The highest BCUT2D eigenvalue weighted by Gasteiger charge is 2.35. The summed E-state index contributed by atoms with van der Waals surface area (Å²) in [5, 5.41) is -0.00905. The number of terminal acetylenes is 1. The molecule has 1 saturated carbocycles. The molecule has 4 nitrogen and oxygen atoms in total. The summed E-state index contributed by atoms with van der Waals surface area (Å²) < 4.78 is 26.5. The fourth-order valence-electron chi connectivity index (χ4n) is 3.61. The van der Waals surface area contributed by atoms with Crippen molar-refractivity contribution in [2.45, 2.75) is 56.8 Å². The van der Waals surface area contributed by atoms with Gasteiger partial charge < -0.3 is 11.5 Å². The standard InChI is InChI=1S/C19H20ClF2N3S.C2H3N.C2H6/c1-9-8-26-18-12(9)6-14(13(7-23)10-2-3-10)25-16(18)11-4-5-24-17(15(11)20)19(21)22;1-2-3;1-2/h4-6,9-10,13,19H,2-3,7-8,23H2,1H3;1H,3H2;1-2H3. The summed E-state index contributed by atoms with van der Waals surface area (Å²) >= 11 is 8.01. The molecule has 2 aromatic heterocycles. The van der Waals surface area contributed by atoms with Gasteiger partial charge >= 0.3 is 0 Å². The molecule has 4 rings (SSSR count). The fourth-order valence-corrected chi connectivity index (χ4v) is 5.21. The third-order valence-electron chi connectivity index (χ3n) is 5.23. The molecule has 0 radical (unpaired) electrons. The Kier molecular flexibility index (Phi) is 9.54. The molecular formula is C23H29ClF2N4S. The van der Waals surface area contributed by atoms with E-state index in [4.69, 9.17) is 22.3 Å². The molecule has 8 heteroatoms. The molecule has 1 aliphatic carbocycles. The van der Waals surface area contributed by atoms with Gasteiger partial charge in [-0.15, -0.1) is 11.8 Å². The van der Waals surface area contributed by atoms with Crippen molar-refractivity contribution >= 4 is 23.4 Å². The highest BCUT2D eigenvalue weighted by molar-refractivity contribution is 7.99. The van der Waals surface area contributed by atoms with Crippen molar-refractivity contribution in [3.8, 4) is 23.7 Å². The predicted octanol–water partition coefficient (Wildman–Crippen LogP) is 5.96. The number of aromatic nitrogens is 2. The lowest BCUT2D eigenvalue weighted by Crippen LogP contribution is -2.16. The van der Waals surface area contributed by atoms with Crippen LogP contribution in [0.4, 0.5) is 8.78 Å². The van der Waals surface area contributed by atoms with Crippen molar-refractivity contribution in [1.29, 1.82) is 0 Å². The highest BCUT2D eigenvalue weighted by atomic mass is 35.5. The second-order valence-electron chi connectivity index (χ2n) is 7.23. The Morgan fingerprint density at radius 3 is 2.55 bits per heavy atom. The molecule has 31 heavy (non-hydrogen) atoms. The van der Waals surface area contributed by atoms with Crippen LogP contribution in [0.2, 0.25) is 5.02 Å². The van der Waals surface area contributed by atoms with Crippen molar-refractivity contribution in [3.63, 3.8) is 0 Å². The van der Waals surface area contributed by atoms with E-state index in [1.165, 1.54) is 24.6 Å². The van der Waals surface area contributed by atoms with Gasteiger partial charge in [-0.1, -0.05) is 38.8 Å². The predicted molar refractivity (Wildman–Crippen MR) is 125 cm³/mol. The largest absolute Gasteiger partial charge is 0.360 e. The van der Waals surface area contributed by atoms with E-state index in [-0.39, 0.29) is 10.9 Å². The molecule has 1 fully saturated rings. The SMILES string of the molecule is C#CN.CC.CC1CSc2c1cc(C(CN)C1CC1)nc2-c1ccnc(C(F)F)c1Cl. The molecule has 2 atom stereocenters. The Hall–Kier alpha value is -1.88. The lowest BCUT2D eigenvalue weighted by atomic mass is 9.93. The number of halogens is 3. The molecule has 4 N–H and O–H groups in total. The molecule has 0 saturated heterocycles. The first kappa shape index (κ1) is 25.4. The molecule has 0 spiro atoms. The quantitative estimate of drug-likeness (QED) is 0.420. The smallest absolute Gasteiger partial charge is 0.281 e. The van der Waals surface area contributed by atoms with Crippen LogP contribution in [0.25, 0.3) is 11.3 Å². The van der Waals surface area contributed by atoms with E-state index in [2.05, 4.69) is 30.1 Å². The summed E-state index contributed by atoms with van der Waals surface area (Å²) in [5.41, 5.74) is 13.4. The Bertz CT molecular complexity index is 929. The summed E-state index contributed by atoms with van der Waals surface area (Å²) in [6.45, 7) is 6.73. The molecule has 2 aliphatic rings. The molecular weight excluding hydrogens is 438 g/mol. The van der Waals surface area contributed by atoms with Crippen molar-refractivity contribution in [2.75, 3.05) is 12.3 Å². The van der Waals surface area contributed by atoms with Crippen molar-refractivity contribution < 1.29 is 8.78 Å². The summed E-state index contributed by atoms with van der Waals surface area (Å²) in [6, 6.07) is 5.60. The van der Waals surface area contributed by atoms with Gasteiger partial charge in [0.15, 0.2) is 0 Å². The van der Waals surface area contributed by atoms with Crippen LogP contribution in [0.15, 0.2) is 23.2 Å². The number of fused-ring (bicyclic) bond motifs is 1. The molecule has 168 valence electrons. The van der Waals surface area contributed by atoms with Crippen molar-refractivity contribution in [1.82, 2.24) is 9.97 Å². The Labute approximate surface area is 192 Å². The van der Waals surface area contributed by atoms with Gasteiger partial charge in [0.1, 0.15) is 5.69 Å². The molecule has 2 aromatic rings. The lowest BCUT2D eigenvalue weighted by molar-refractivity contribution is 0.146. The molecule has 0 amide bonds. The van der Waals surface area contributed by atoms with Gasteiger partial charge in [-0.05, 0) is 48.4 Å². The molecule has 2 unspecified atom stereocenters. The first-order valence-electron chi connectivity index (χ1n) is 10.4. The van der Waals surface area contributed by atoms with Crippen LogP contribution in [0.3, 0.4) is 0 Å². The number of pyridine rings is 2. The lowest BCUT2D eigenvalue weighted by Gasteiger charge is -2.19. The van der Waals surface area contributed by atoms with Crippen LogP contribution >= 0.6 is 23.4 Å². The highest BCUT2D eigenvalue weighted by Crippen LogP contribution is 2.49. The van der Waals surface area contributed by atoms with E-state index in [0.717, 1.165) is 16.3 Å². The van der Waals surface area contributed by atoms with E-state index in [0.29, 0.717) is 29.6 Å².